The molecule has 0 unspecified atom stereocenters. The van der Waals surface area contributed by atoms with Gasteiger partial charge in [0, 0.05) is 29.3 Å². The van der Waals surface area contributed by atoms with E-state index in [1.54, 1.807) is 24.4 Å². The number of furan rings is 1. The molecule has 0 spiro atoms. The van der Waals surface area contributed by atoms with Gasteiger partial charge < -0.3 is 20.0 Å². The summed E-state index contributed by atoms with van der Waals surface area (Å²) in [6, 6.07) is 21.1. The highest BCUT2D eigenvalue weighted by Gasteiger charge is 2.41. The fourth-order valence-corrected chi connectivity index (χ4v) is 5.13. The van der Waals surface area contributed by atoms with Gasteiger partial charge in [0.1, 0.15) is 23.4 Å². The summed E-state index contributed by atoms with van der Waals surface area (Å²) in [4.78, 5) is 19.2. The summed E-state index contributed by atoms with van der Waals surface area (Å²) in [5.41, 5.74) is 2.97. The Bertz CT molecular complexity index is 1450. The van der Waals surface area contributed by atoms with Crippen molar-refractivity contribution < 1.29 is 13.6 Å². The normalized spacial score (nSPS) is 17.1. The van der Waals surface area contributed by atoms with Crippen molar-refractivity contribution >= 4 is 44.9 Å². The number of anilines is 1. The number of amides is 1. The Balaban J connectivity index is 1.41. The van der Waals surface area contributed by atoms with E-state index in [0.29, 0.717) is 33.2 Å². The van der Waals surface area contributed by atoms with E-state index in [9.17, 15) is 9.18 Å². The van der Waals surface area contributed by atoms with Gasteiger partial charge in [-0.15, -0.1) is 0 Å². The van der Waals surface area contributed by atoms with Gasteiger partial charge in [0.15, 0.2) is 5.11 Å². The average Bonchev–Trinajstić information content (AvgIpc) is 3.47. The number of rotatable bonds is 7. The predicted molar refractivity (Wildman–Crippen MR) is 148 cm³/mol. The third-order valence-corrected chi connectivity index (χ3v) is 7.04. The first kappa shape index (κ1) is 25.1. The van der Waals surface area contributed by atoms with Crippen molar-refractivity contribution in [3.8, 4) is 11.3 Å². The van der Waals surface area contributed by atoms with Crippen LogP contribution in [0.15, 0.2) is 87.9 Å². The lowest BCUT2D eigenvalue weighted by molar-refractivity contribution is -0.116. The van der Waals surface area contributed by atoms with Gasteiger partial charge in [-0.1, -0.05) is 34.1 Å². The highest BCUT2D eigenvalue weighted by atomic mass is 79.9. The number of nitrogens with one attached hydrogen (secondary N) is 2. The third kappa shape index (κ3) is 5.57. The number of aromatic nitrogens is 1. The maximum atomic E-state index is 14.6. The van der Waals surface area contributed by atoms with Gasteiger partial charge in [-0.3, -0.25) is 9.78 Å². The van der Waals surface area contributed by atoms with E-state index in [1.807, 2.05) is 60.4 Å². The van der Waals surface area contributed by atoms with E-state index >= 15 is 0 Å². The number of halogens is 2. The standard InChI is InChI=1S/C28H24BrFN4O2S/c1-17-5-4-6-19(15-17)32-25(35)12-14-34-27(26(33-28(34)37)22-7-2-3-13-31-22)24-11-10-23(36-24)20-9-8-18(29)16-21(20)30/h2-11,13,15-16,26-27H,12,14H2,1H3,(H,32,35)(H,33,37)/t26-,27-/m1/s1. The average molecular weight is 579 g/mol. The molecule has 2 atom stereocenters. The van der Waals surface area contributed by atoms with E-state index in [4.69, 9.17) is 16.6 Å². The monoisotopic (exact) mass is 578 g/mol. The van der Waals surface area contributed by atoms with Crippen LogP contribution in [0.4, 0.5) is 10.1 Å². The summed E-state index contributed by atoms with van der Waals surface area (Å²) < 4.78 is 21.5. The van der Waals surface area contributed by atoms with Crippen molar-refractivity contribution in [3.63, 3.8) is 0 Å². The Morgan fingerprint density at radius 2 is 2.03 bits per heavy atom. The zero-order valence-corrected chi connectivity index (χ0v) is 22.4. The largest absolute Gasteiger partial charge is 0.459 e. The Kier molecular flexibility index (Phi) is 7.34. The number of carbonyl (C=O) groups is 1. The number of thiocarbonyl (C=S) groups is 1. The molecule has 2 aromatic heterocycles. The van der Waals surface area contributed by atoms with Gasteiger partial charge in [-0.2, -0.15) is 0 Å². The van der Waals surface area contributed by atoms with E-state index in [-0.39, 0.29) is 30.2 Å². The van der Waals surface area contributed by atoms with Crippen molar-refractivity contribution in [2.75, 3.05) is 11.9 Å². The van der Waals surface area contributed by atoms with Crippen LogP contribution in [0.1, 0.15) is 35.5 Å². The van der Waals surface area contributed by atoms with Crippen LogP contribution in [0.2, 0.25) is 0 Å². The highest BCUT2D eigenvalue weighted by molar-refractivity contribution is 9.10. The Labute approximate surface area is 228 Å². The Morgan fingerprint density at radius 3 is 2.78 bits per heavy atom. The minimum absolute atomic E-state index is 0.120. The molecule has 37 heavy (non-hydrogen) atoms. The first-order valence-corrected chi connectivity index (χ1v) is 13.0. The number of hydrogen-bond donors (Lipinski definition) is 2. The van der Waals surface area contributed by atoms with E-state index in [2.05, 4.69) is 31.5 Å². The smallest absolute Gasteiger partial charge is 0.226 e. The molecular weight excluding hydrogens is 555 g/mol. The summed E-state index contributed by atoms with van der Waals surface area (Å²) in [6.45, 7) is 2.34. The first-order valence-electron chi connectivity index (χ1n) is 11.8. The highest BCUT2D eigenvalue weighted by Crippen LogP contribution is 2.41. The maximum Gasteiger partial charge on any atom is 0.226 e. The fourth-order valence-electron chi connectivity index (χ4n) is 4.47. The number of aryl methyl sites for hydroxylation is 1. The Hall–Kier alpha value is -3.56. The van der Waals surface area contributed by atoms with Gasteiger partial charge in [0.2, 0.25) is 5.91 Å². The van der Waals surface area contributed by atoms with Crippen LogP contribution in [0.3, 0.4) is 0 Å². The summed E-state index contributed by atoms with van der Waals surface area (Å²) in [7, 11) is 0. The second-order valence-corrected chi connectivity index (χ2v) is 10.1. The lowest BCUT2D eigenvalue weighted by Crippen LogP contribution is -2.32. The topological polar surface area (TPSA) is 70.4 Å². The van der Waals surface area contributed by atoms with Crippen molar-refractivity contribution in [1.82, 2.24) is 15.2 Å². The SMILES string of the molecule is Cc1cccc(NC(=O)CCN2C(=S)N[C@H](c3ccccn3)[C@H]2c2ccc(-c3ccc(Br)cc3F)o2)c1. The number of pyridine rings is 1. The van der Waals surface area contributed by atoms with Crippen molar-refractivity contribution in [3.05, 3.63) is 106 Å². The molecule has 6 nitrogen and oxygen atoms in total. The molecule has 3 heterocycles. The van der Waals surface area contributed by atoms with Gasteiger partial charge in [-0.25, -0.2) is 4.39 Å². The molecule has 9 heteroatoms. The number of nitrogens with zero attached hydrogens (tertiary/aromatic N) is 2. The minimum Gasteiger partial charge on any atom is -0.459 e. The quantitative estimate of drug-likeness (QED) is 0.242. The van der Waals surface area contributed by atoms with Gasteiger partial charge in [-0.05, 0) is 79.3 Å². The number of carbonyl (C=O) groups excluding carboxylic acids is 1. The summed E-state index contributed by atoms with van der Waals surface area (Å²) in [5, 5.41) is 6.78. The van der Waals surface area contributed by atoms with E-state index < -0.39 is 0 Å². The molecule has 1 saturated heterocycles. The van der Waals surface area contributed by atoms with Crippen molar-refractivity contribution in [2.45, 2.75) is 25.4 Å². The molecule has 1 amide bonds. The molecule has 1 aliphatic rings. The first-order chi connectivity index (χ1) is 17.9. The molecule has 4 aromatic rings. The molecular formula is C28H24BrFN4O2S. The van der Waals surface area contributed by atoms with E-state index in [0.717, 1.165) is 16.9 Å². The molecule has 2 N–H and O–H groups in total. The second-order valence-electron chi connectivity index (χ2n) is 8.81. The molecule has 0 saturated carbocycles. The summed E-state index contributed by atoms with van der Waals surface area (Å²) >= 11 is 8.97. The number of hydrogen-bond acceptors (Lipinski definition) is 4. The van der Waals surface area contributed by atoms with Crippen LogP contribution in [-0.2, 0) is 4.79 Å². The van der Waals surface area contributed by atoms with Gasteiger partial charge >= 0.3 is 0 Å². The molecule has 1 fully saturated rings. The third-order valence-electron chi connectivity index (χ3n) is 6.19. The van der Waals surface area contributed by atoms with Crippen LogP contribution in [0, 0.1) is 12.7 Å². The van der Waals surface area contributed by atoms with Crippen molar-refractivity contribution in [1.29, 1.82) is 0 Å². The molecule has 1 aliphatic heterocycles. The zero-order valence-electron chi connectivity index (χ0n) is 19.9. The molecule has 5 rings (SSSR count). The van der Waals surface area contributed by atoms with Crippen molar-refractivity contribution in [2.24, 2.45) is 0 Å². The predicted octanol–water partition coefficient (Wildman–Crippen LogP) is 6.55. The molecule has 0 aliphatic carbocycles. The number of benzene rings is 2. The lowest BCUT2D eigenvalue weighted by Gasteiger charge is -2.25. The maximum absolute atomic E-state index is 14.6. The van der Waals surface area contributed by atoms with E-state index in [1.165, 1.54) is 6.07 Å². The summed E-state index contributed by atoms with van der Waals surface area (Å²) in [5.74, 6) is 0.501. The van der Waals surface area contributed by atoms with Crippen LogP contribution in [0.25, 0.3) is 11.3 Å². The lowest BCUT2D eigenvalue weighted by atomic mass is 10.0. The fraction of sp³-hybridized carbons (Fsp3) is 0.179. The Morgan fingerprint density at radius 1 is 1.16 bits per heavy atom. The van der Waals surface area contributed by atoms with Crippen LogP contribution < -0.4 is 10.6 Å². The van der Waals surface area contributed by atoms with Crippen LogP contribution in [-0.4, -0.2) is 27.4 Å². The minimum atomic E-state index is -0.388. The summed E-state index contributed by atoms with van der Waals surface area (Å²) in [6.07, 6.45) is 1.94. The molecule has 0 radical (unpaired) electrons. The van der Waals surface area contributed by atoms with Gasteiger partial charge in [0.05, 0.1) is 17.3 Å². The second kappa shape index (κ2) is 10.8. The van der Waals surface area contributed by atoms with Crippen LogP contribution in [0.5, 0.6) is 0 Å². The molecule has 2 aromatic carbocycles. The van der Waals surface area contributed by atoms with Gasteiger partial charge in [0.25, 0.3) is 0 Å². The molecule has 0 bridgehead atoms. The zero-order chi connectivity index (χ0) is 25.9. The van der Waals surface area contributed by atoms with Crippen LogP contribution >= 0.6 is 28.1 Å². The molecule has 188 valence electrons.